The lowest BCUT2D eigenvalue weighted by Crippen LogP contribution is -2.44. The molecule has 1 heterocycles. The number of hydrogen-bond acceptors (Lipinski definition) is 5. The summed E-state index contributed by atoms with van der Waals surface area (Å²) in [6.07, 6.45) is 0. The summed E-state index contributed by atoms with van der Waals surface area (Å²) in [6, 6.07) is 10.2. The van der Waals surface area contributed by atoms with Crippen LogP contribution in [0.1, 0.15) is 24.3 Å². The van der Waals surface area contributed by atoms with E-state index in [2.05, 4.69) is 5.32 Å². The molecule has 0 atom stereocenters. The molecule has 1 aromatic heterocycles. The van der Waals surface area contributed by atoms with Crippen LogP contribution in [0, 0.1) is 0 Å². The second-order valence-electron chi connectivity index (χ2n) is 7.35. The van der Waals surface area contributed by atoms with E-state index in [0.717, 1.165) is 5.52 Å². The fraction of sp³-hybridized carbons (Fsp3) is 0.200. The zero-order chi connectivity index (χ0) is 23.1. The molecule has 3 aromatic rings. The van der Waals surface area contributed by atoms with E-state index in [0.29, 0.717) is 26.8 Å². The van der Waals surface area contributed by atoms with Gasteiger partial charge in [-0.25, -0.2) is 13.1 Å². The number of halogens is 2. The summed E-state index contributed by atoms with van der Waals surface area (Å²) in [4.78, 5) is 24.3. The maximum absolute atomic E-state index is 12.7. The van der Waals surface area contributed by atoms with Crippen LogP contribution in [0.2, 0.25) is 10.0 Å². The van der Waals surface area contributed by atoms with Crippen LogP contribution in [0.5, 0.6) is 0 Å². The predicted molar refractivity (Wildman–Crippen MR) is 119 cm³/mol. The number of rotatable bonds is 5. The second-order valence-corrected chi connectivity index (χ2v) is 9.82. The van der Waals surface area contributed by atoms with Gasteiger partial charge < -0.3 is 15.0 Å². The monoisotopic (exact) mass is 483 g/mol. The lowest BCUT2D eigenvalue weighted by molar-refractivity contribution is -0.134. The number of carbonyl (C=O) groups is 2. The molecule has 0 fully saturated rings. The molecule has 31 heavy (non-hydrogen) atoms. The number of fused-ring (bicyclic) bond motifs is 1. The van der Waals surface area contributed by atoms with Crippen molar-refractivity contribution >= 4 is 61.6 Å². The highest BCUT2D eigenvalue weighted by Crippen LogP contribution is 2.32. The quantitative estimate of drug-likeness (QED) is 0.514. The van der Waals surface area contributed by atoms with E-state index < -0.39 is 27.4 Å². The predicted octanol–water partition coefficient (Wildman–Crippen LogP) is 3.31. The molecule has 164 valence electrons. The van der Waals surface area contributed by atoms with Crippen LogP contribution in [0.25, 0.3) is 10.9 Å². The normalized spacial score (nSPS) is 12.1. The Morgan fingerprint density at radius 2 is 1.68 bits per heavy atom. The third-order valence-corrected chi connectivity index (χ3v) is 6.72. The maximum Gasteiger partial charge on any atom is 0.272 e. The minimum absolute atomic E-state index is 0.200. The molecule has 0 aliphatic rings. The first-order valence-electron chi connectivity index (χ1n) is 8.96. The van der Waals surface area contributed by atoms with Gasteiger partial charge >= 0.3 is 0 Å². The molecule has 0 aliphatic heterocycles. The number of aliphatic hydroxyl groups is 1. The first kappa shape index (κ1) is 23.1. The first-order valence-corrected chi connectivity index (χ1v) is 11.2. The van der Waals surface area contributed by atoms with Gasteiger partial charge in [0.2, 0.25) is 0 Å². The van der Waals surface area contributed by atoms with E-state index in [1.54, 1.807) is 34.5 Å². The van der Waals surface area contributed by atoms with Crippen molar-refractivity contribution in [1.29, 1.82) is 0 Å². The first-order chi connectivity index (χ1) is 14.3. The van der Waals surface area contributed by atoms with Crippen LogP contribution in [0.3, 0.4) is 0 Å². The van der Waals surface area contributed by atoms with Gasteiger partial charge in [-0.2, -0.15) is 0 Å². The Balaban J connectivity index is 1.81. The summed E-state index contributed by atoms with van der Waals surface area (Å²) < 4.78 is 28.0. The van der Waals surface area contributed by atoms with Crippen LogP contribution in [0.15, 0.2) is 47.4 Å². The minimum Gasteiger partial charge on any atom is -0.381 e. The van der Waals surface area contributed by atoms with Crippen LogP contribution < -0.4 is 10.0 Å². The number of amides is 2. The van der Waals surface area contributed by atoms with Crippen molar-refractivity contribution in [1.82, 2.24) is 9.29 Å². The SMILES string of the molecule is Cn1c(C(=O)Nc2ccc(S(=O)(=O)NC(=O)C(C)(C)O)cc2)cc2c(Cl)c(Cl)ccc21. The van der Waals surface area contributed by atoms with Crippen molar-refractivity contribution in [3.05, 3.63) is 58.2 Å². The third-order valence-electron chi connectivity index (χ3n) is 4.55. The van der Waals surface area contributed by atoms with Crippen LogP contribution >= 0.6 is 23.2 Å². The molecular formula is C20H19Cl2N3O5S. The lowest BCUT2D eigenvalue weighted by atomic mass is 10.1. The number of anilines is 1. The molecule has 0 bridgehead atoms. The van der Waals surface area contributed by atoms with Gasteiger partial charge in [0.15, 0.2) is 0 Å². The molecular weight excluding hydrogens is 465 g/mol. The Kier molecular flexibility index (Phi) is 6.07. The van der Waals surface area contributed by atoms with E-state index >= 15 is 0 Å². The number of benzene rings is 2. The van der Waals surface area contributed by atoms with Gasteiger partial charge in [-0.3, -0.25) is 9.59 Å². The van der Waals surface area contributed by atoms with Gasteiger partial charge in [0.05, 0.1) is 14.9 Å². The fourth-order valence-corrected chi connectivity index (χ4v) is 4.27. The van der Waals surface area contributed by atoms with Gasteiger partial charge in [0.25, 0.3) is 21.8 Å². The molecule has 0 saturated heterocycles. The number of nitrogens with zero attached hydrogens (tertiary/aromatic N) is 1. The molecule has 3 N–H and O–H groups in total. The molecule has 8 nitrogen and oxygen atoms in total. The molecule has 0 aliphatic carbocycles. The summed E-state index contributed by atoms with van der Waals surface area (Å²) >= 11 is 12.3. The highest BCUT2D eigenvalue weighted by atomic mass is 35.5. The average Bonchev–Trinajstić information content (AvgIpc) is 3.01. The van der Waals surface area contributed by atoms with Crippen molar-refractivity contribution in [3.8, 4) is 0 Å². The summed E-state index contributed by atoms with van der Waals surface area (Å²) in [5.74, 6) is -1.49. The smallest absolute Gasteiger partial charge is 0.272 e. The van der Waals surface area contributed by atoms with Crippen molar-refractivity contribution in [2.75, 3.05) is 5.32 Å². The Hall–Kier alpha value is -2.59. The van der Waals surface area contributed by atoms with Gasteiger partial charge in [-0.15, -0.1) is 0 Å². The standard InChI is InChI=1S/C20H19Cl2N3O5S/c1-20(2,28)19(27)24-31(29,30)12-6-4-11(5-7-12)23-18(26)16-10-13-15(25(16)3)9-8-14(21)17(13)22/h4-10,28H,1-3H3,(H,23,26)(H,24,27). The zero-order valence-electron chi connectivity index (χ0n) is 16.7. The van der Waals surface area contributed by atoms with Gasteiger partial charge in [-0.05, 0) is 56.3 Å². The minimum atomic E-state index is -4.18. The number of carbonyl (C=O) groups excluding carboxylic acids is 2. The van der Waals surface area contributed by atoms with Crippen molar-refractivity contribution < 1.29 is 23.1 Å². The van der Waals surface area contributed by atoms with Crippen LogP contribution in [-0.2, 0) is 21.9 Å². The summed E-state index contributed by atoms with van der Waals surface area (Å²) in [7, 11) is -2.47. The third kappa shape index (κ3) is 4.69. The molecule has 0 saturated carbocycles. The number of sulfonamides is 1. The number of hydrogen-bond donors (Lipinski definition) is 3. The lowest BCUT2D eigenvalue weighted by Gasteiger charge is -2.16. The van der Waals surface area contributed by atoms with Gasteiger partial charge in [0.1, 0.15) is 11.3 Å². The maximum atomic E-state index is 12.7. The van der Waals surface area contributed by atoms with Crippen molar-refractivity contribution in [3.63, 3.8) is 0 Å². The Labute approximate surface area is 188 Å². The Morgan fingerprint density at radius 3 is 2.26 bits per heavy atom. The van der Waals surface area contributed by atoms with Crippen molar-refractivity contribution in [2.24, 2.45) is 7.05 Å². The van der Waals surface area contributed by atoms with E-state index in [4.69, 9.17) is 23.2 Å². The molecule has 2 amide bonds. The zero-order valence-corrected chi connectivity index (χ0v) is 19.1. The van der Waals surface area contributed by atoms with E-state index in [1.807, 2.05) is 0 Å². The fourth-order valence-electron chi connectivity index (χ4n) is 2.79. The van der Waals surface area contributed by atoms with E-state index in [1.165, 1.54) is 38.1 Å². The number of aryl methyl sites for hydroxylation is 1. The van der Waals surface area contributed by atoms with Gasteiger partial charge in [0, 0.05) is 23.6 Å². The summed E-state index contributed by atoms with van der Waals surface area (Å²) in [6.45, 7) is 2.34. The Morgan fingerprint density at radius 1 is 1.06 bits per heavy atom. The summed E-state index contributed by atoms with van der Waals surface area (Å²) in [5, 5.41) is 13.6. The molecule has 0 unspecified atom stereocenters. The number of aromatic nitrogens is 1. The second kappa shape index (κ2) is 8.16. The van der Waals surface area contributed by atoms with E-state index in [-0.39, 0.29) is 4.90 Å². The largest absolute Gasteiger partial charge is 0.381 e. The molecule has 11 heteroatoms. The van der Waals surface area contributed by atoms with Gasteiger partial charge in [-0.1, -0.05) is 23.2 Å². The molecule has 3 rings (SSSR count). The molecule has 2 aromatic carbocycles. The highest BCUT2D eigenvalue weighted by molar-refractivity contribution is 7.90. The number of nitrogens with one attached hydrogen (secondary N) is 2. The average molecular weight is 484 g/mol. The molecule has 0 radical (unpaired) electrons. The van der Waals surface area contributed by atoms with Crippen LogP contribution in [-0.4, -0.2) is 35.5 Å². The summed E-state index contributed by atoms with van der Waals surface area (Å²) in [5.41, 5.74) is -0.462. The van der Waals surface area contributed by atoms with Crippen molar-refractivity contribution in [2.45, 2.75) is 24.3 Å². The van der Waals surface area contributed by atoms with E-state index in [9.17, 15) is 23.1 Å². The Bertz CT molecular complexity index is 1290. The highest BCUT2D eigenvalue weighted by Gasteiger charge is 2.28. The molecule has 0 spiro atoms. The van der Waals surface area contributed by atoms with Crippen LogP contribution in [0.4, 0.5) is 5.69 Å². The topological polar surface area (TPSA) is 118 Å².